The van der Waals surface area contributed by atoms with Crippen LogP contribution in [0.25, 0.3) is 12.2 Å². The molecule has 0 unspecified atom stereocenters. The molecule has 0 spiro atoms. The third-order valence-electron chi connectivity index (χ3n) is 3.72. The van der Waals surface area contributed by atoms with Gasteiger partial charge >= 0.3 is 0 Å². The van der Waals surface area contributed by atoms with Crippen molar-refractivity contribution in [3.8, 4) is 0 Å². The minimum atomic E-state index is -0.00485. The standard InChI is InChI=1S/C16H16N2S/c1-11-16(2,3)14-9-12(10-17-15(14)18-11)6-7-13-5-4-8-19-13/h4-10H,1-3H3/b7-6+. The fourth-order valence-corrected chi connectivity index (χ4v) is 2.79. The van der Waals surface area contributed by atoms with Crippen molar-refractivity contribution in [1.29, 1.82) is 0 Å². The molecule has 0 atom stereocenters. The number of rotatable bonds is 2. The molecule has 1 aliphatic heterocycles. The Morgan fingerprint density at radius 1 is 1.26 bits per heavy atom. The molecular weight excluding hydrogens is 252 g/mol. The molecule has 3 rings (SSSR count). The van der Waals surface area contributed by atoms with Crippen LogP contribution in [0.5, 0.6) is 0 Å². The van der Waals surface area contributed by atoms with Gasteiger partial charge in [-0.15, -0.1) is 11.3 Å². The van der Waals surface area contributed by atoms with Gasteiger partial charge < -0.3 is 0 Å². The lowest BCUT2D eigenvalue weighted by Gasteiger charge is -2.19. The van der Waals surface area contributed by atoms with E-state index in [1.165, 1.54) is 10.4 Å². The number of aromatic nitrogens is 1. The molecule has 0 aromatic carbocycles. The fraction of sp³-hybridized carbons (Fsp3) is 0.250. The molecule has 96 valence electrons. The van der Waals surface area contributed by atoms with E-state index in [1.807, 2.05) is 6.20 Å². The van der Waals surface area contributed by atoms with Gasteiger partial charge in [-0.3, -0.25) is 0 Å². The molecule has 2 aromatic heterocycles. The summed E-state index contributed by atoms with van der Waals surface area (Å²) in [5.41, 5.74) is 3.48. The molecule has 0 saturated heterocycles. The van der Waals surface area contributed by atoms with Crippen LogP contribution >= 0.6 is 11.3 Å². The van der Waals surface area contributed by atoms with Crippen molar-refractivity contribution in [2.45, 2.75) is 26.2 Å². The van der Waals surface area contributed by atoms with Gasteiger partial charge in [0.25, 0.3) is 0 Å². The van der Waals surface area contributed by atoms with Gasteiger partial charge in [-0.05, 0) is 36.1 Å². The molecule has 2 aromatic rings. The highest BCUT2D eigenvalue weighted by atomic mass is 32.1. The highest BCUT2D eigenvalue weighted by Gasteiger charge is 2.32. The maximum atomic E-state index is 4.54. The number of hydrogen-bond donors (Lipinski definition) is 0. The van der Waals surface area contributed by atoms with Crippen molar-refractivity contribution < 1.29 is 0 Å². The number of aliphatic imine (C=N–C) groups is 1. The minimum Gasteiger partial charge on any atom is -0.237 e. The van der Waals surface area contributed by atoms with Crippen molar-refractivity contribution in [3.63, 3.8) is 0 Å². The largest absolute Gasteiger partial charge is 0.237 e. The molecular formula is C16H16N2S. The highest BCUT2D eigenvalue weighted by molar-refractivity contribution is 7.10. The van der Waals surface area contributed by atoms with E-state index >= 15 is 0 Å². The van der Waals surface area contributed by atoms with Crippen molar-refractivity contribution in [3.05, 3.63) is 45.8 Å². The quantitative estimate of drug-likeness (QED) is 0.775. The maximum Gasteiger partial charge on any atom is 0.155 e. The van der Waals surface area contributed by atoms with Gasteiger partial charge in [-0.2, -0.15) is 0 Å². The second-order valence-corrected chi connectivity index (χ2v) is 6.29. The highest BCUT2D eigenvalue weighted by Crippen LogP contribution is 2.38. The predicted molar refractivity (Wildman–Crippen MR) is 83.3 cm³/mol. The number of thiophene rings is 1. The first-order valence-electron chi connectivity index (χ1n) is 6.35. The van der Waals surface area contributed by atoms with Crippen LogP contribution in [0, 0.1) is 0 Å². The van der Waals surface area contributed by atoms with Crippen LogP contribution in [0.2, 0.25) is 0 Å². The Labute approximate surface area is 117 Å². The van der Waals surface area contributed by atoms with Gasteiger partial charge in [0, 0.05) is 27.8 Å². The Kier molecular flexibility index (Phi) is 2.86. The monoisotopic (exact) mass is 268 g/mol. The Hall–Kier alpha value is -1.74. The molecule has 2 nitrogen and oxygen atoms in total. The van der Waals surface area contributed by atoms with Gasteiger partial charge in [-0.25, -0.2) is 9.98 Å². The van der Waals surface area contributed by atoms with Crippen LogP contribution in [-0.4, -0.2) is 10.7 Å². The van der Waals surface area contributed by atoms with E-state index in [0.29, 0.717) is 0 Å². The van der Waals surface area contributed by atoms with Crippen molar-refractivity contribution in [2.75, 3.05) is 0 Å². The van der Waals surface area contributed by atoms with Crippen LogP contribution in [0.3, 0.4) is 0 Å². The summed E-state index contributed by atoms with van der Waals surface area (Å²) >= 11 is 1.74. The lowest BCUT2D eigenvalue weighted by molar-refractivity contribution is 0.731. The van der Waals surface area contributed by atoms with Gasteiger partial charge in [-0.1, -0.05) is 26.0 Å². The van der Waals surface area contributed by atoms with E-state index in [4.69, 9.17) is 0 Å². The summed E-state index contributed by atoms with van der Waals surface area (Å²) in [6, 6.07) is 6.37. The SMILES string of the molecule is CC1=Nc2ncc(/C=C/c3cccs3)cc2C1(C)C. The van der Waals surface area contributed by atoms with Crippen molar-refractivity contribution in [2.24, 2.45) is 4.99 Å². The average Bonchev–Trinajstić information content (AvgIpc) is 2.96. The molecule has 3 heteroatoms. The third-order valence-corrected chi connectivity index (χ3v) is 4.56. The molecule has 0 aliphatic carbocycles. The topological polar surface area (TPSA) is 25.2 Å². The van der Waals surface area contributed by atoms with E-state index < -0.39 is 0 Å². The second-order valence-electron chi connectivity index (χ2n) is 5.31. The number of hydrogen-bond acceptors (Lipinski definition) is 3. The molecule has 0 fully saturated rings. The van der Waals surface area contributed by atoms with Crippen LogP contribution < -0.4 is 0 Å². The lowest BCUT2D eigenvalue weighted by atomic mass is 9.82. The molecule has 0 radical (unpaired) electrons. The predicted octanol–water partition coefficient (Wildman–Crippen LogP) is 4.70. The number of nitrogens with zero attached hydrogens (tertiary/aromatic N) is 2. The normalized spacial score (nSPS) is 16.7. The Balaban J connectivity index is 1.94. The van der Waals surface area contributed by atoms with Crippen LogP contribution in [0.4, 0.5) is 5.82 Å². The van der Waals surface area contributed by atoms with E-state index in [1.54, 1.807) is 11.3 Å². The Morgan fingerprint density at radius 2 is 2.11 bits per heavy atom. The minimum absolute atomic E-state index is 0.00485. The summed E-state index contributed by atoms with van der Waals surface area (Å²) < 4.78 is 0. The summed E-state index contributed by atoms with van der Waals surface area (Å²) in [7, 11) is 0. The zero-order chi connectivity index (χ0) is 13.5. The second kappa shape index (κ2) is 4.42. The van der Waals surface area contributed by atoms with E-state index in [9.17, 15) is 0 Å². The zero-order valence-electron chi connectivity index (χ0n) is 11.3. The molecule has 3 heterocycles. The van der Waals surface area contributed by atoms with Gasteiger partial charge in [0.15, 0.2) is 5.82 Å². The molecule has 0 saturated carbocycles. The number of fused-ring (bicyclic) bond motifs is 1. The maximum absolute atomic E-state index is 4.54. The van der Waals surface area contributed by atoms with E-state index in [-0.39, 0.29) is 5.41 Å². The molecule has 0 bridgehead atoms. The van der Waals surface area contributed by atoms with E-state index in [2.05, 4.69) is 66.5 Å². The van der Waals surface area contributed by atoms with Gasteiger partial charge in [0.05, 0.1) is 0 Å². The van der Waals surface area contributed by atoms with Crippen molar-refractivity contribution in [1.82, 2.24) is 4.98 Å². The Bertz CT molecular complexity index is 664. The first-order chi connectivity index (χ1) is 9.07. The summed E-state index contributed by atoms with van der Waals surface area (Å²) in [6.07, 6.45) is 6.13. The van der Waals surface area contributed by atoms with Crippen LogP contribution in [-0.2, 0) is 5.41 Å². The molecule has 1 aliphatic rings. The lowest BCUT2D eigenvalue weighted by Crippen LogP contribution is -2.22. The summed E-state index contributed by atoms with van der Waals surface area (Å²) in [6.45, 7) is 6.47. The third kappa shape index (κ3) is 2.15. The summed E-state index contributed by atoms with van der Waals surface area (Å²) in [5.74, 6) is 0.871. The Morgan fingerprint density at radius 3 is 2.84 bits per heavy atom. The molecule has 0 amide bonds. The van der Waals surface area contributed by atoms with Crippen LogP contribution in [0.15, 0.2) is 34.8 Å². The van der Waals surface area contributed by atoms with Crippen LogP contribution in [0.1, 0.15) is 36.8 Å². The van der Waals surface area contributed by atoms with E-state index in [0.717, 1.165) is 17.1 Å². The first-order valence-corrected chi connectivity index (χ1v) is 7.23. The van der Waals surface area contributed by atoms with Crippen molar-refractivity contribution >= 4 is 35.0 Å². The summed E-state index contributed by atoms with van der Waals surface area (Å²) in [4.78, 5) is 10.3. The molecule has 19 heavy (non-hydrogen) atoms. The zero-order valence-corrected chi connectivity index (χ0v) is 12.2. The fourth-order valence-electron chi connectivity index (χ4n) is 2.17. The van der Waals surface area contributed by atoms with Gasteiger partial charge in [0.1, 0.15) is 0 Å². The smallest absolute Gasteiger partial charge is 0.155 e. The average molecular weight is 268 g/mol. The van der Waals surface area contributed by atoms with Gasteiger partial charge in [0.2, 0.25) is 0 Å². The first kappa shape index (κ1) is 12.3. The summed E-state index contributed by atoms with van der Waals surface area (Å²) in [5, 5.41) is 2.08. The number of pyridine rings is 1. The molecule has 0 N–H and O–H groups in total.